The van der Waals surface area contributed by atoms with Crippen LogP contribution in [-0.2, 0) is 13.8 Å². The maximum Gasteiger partial charge on any atom is 0.327 e. The Balaban J connectivity index is 1.97. The van der Waals surface area contributed by atoms with Gasteiger partial charge in [0.15, 0.2) is 17.0 Å². The smallest absolute Gasteiger partial charge is 0.327 e. The molecule has 0 radical (unpaired) electrons. The van der Waals surface area contributed by atoms with Gasteiger partial charge in [-0.1, -0.05) is 6.92 Å². The highest BCUT2D eigenvalue weighted by atomic mass is 31.1. The highest BCUT2D eigenvalue weighted by Crippen LogP contribution is 2.37. The third-order valence-electron chi connectivity index (χ3n) is 3.92. The van der Waals surface area contributed by atoms with E-state index in [1.54, 1.807) is 17.9 Å². The Kier molecular flexibility index (Phi) is 4.40. The van der Waals surface area contributed by atoms with Gasteiger partial charge in [-0.3, -0.25) is 9.09 Å². The number of aliphatic hydroxyl groups excluding tert-OH is 1. The van der Waals surface area contributed by atoms with E-state index in [0.717, 1.165) is 0 Å². The van der Waals surface area contributed by atoms with Crippen LogP contribution in [0.5, 0.6) is 0 Å². The zero-order chi connectivity index (χ0) is 16.6. The van der Waals surface area contributed by atoms with Crippen LogP contribution in [0.15, 0.2) is 6.33 Å². The molecule has 0 aromatic carbocycles. The van der Waals surface area contributed by atoms with Crippen molar-refractivity contribution in [3.8, 4) is 0 Å². The molecule has 11 heteroatoms. The number of nitrogens with two attached hydrogens (primary N) is 1. The maximum absolute atomic E-state index is 10.4. The number of aromatic nitrogens is 4. The molecule has 3 heterocycles. The van der Waals surface area contributed by atoms with Crippen LogP contribution in [0.25, 0.3) is 11.2 Å². The van der Waals surface area contributed by atoms with Crippen molar-refractivity contribution in [3.05, 3.63) is 6.33 Å². The summed E-state index contributed by atoms with van der Waals surface area (Å²) < 4.78 is 22.8. The lowest BCUT2D eigenvalue weighted by molar-refractivity contribution is -0.0380. The highest BCUT2D eigenvalue weighted by molar-refractivity contribution is 7.17. The van der Waals surface area contributed by atoms with Crippen molar-refractivity contribution < 1.29 is 18.9 Å². The van der Waals surface area contributed by atoms with E-state index in [-0.39, 0.29) is 18.5 Å². The van der Waals surface area contributed by atoms with Gasteiger partial charge >= 0.3 is 8.69 Å². The van der Waals surface area contributed by atoms with Gasteiger partial charge in [-0.2, -0.15) is 9.97 Å². The topological polar surface area (TPSA) is 137 Å². The number of aliphatic hydroxyl groups is 1. The molecule has 0 unspecified atom stereocenters. The van der Waals surface area contributed by atoms with Gasteiger partial charge in [0.25, 0.3) is 0 Å². The van der Waals surface area contributed by atoms with Gasteiger partial charge in [0, 0.05) is 13.0 Å². The highest BCUT2D eigenvalue weighted by Gasteiger charge is 2.42. The number of imidazole rings is 1. The lowest BCUT2D eigenvalue weighted by atomic mass is 10.0. The summed E-state index contributed by atoms with van der Waals surface area (Å²) in [5.74, 6) is 0.390. The first-order chi connectivity index (χ1) is 11.1. The average Bonchev–Trinajstić information content (AvgIpc) is 3.07. The van der Waals surface area contributed by atoms with E-state index in [2.05, 4.69) is 20.3 Å². The standard InChI is InChI=1S/C12H17N6O4P/c1-5-8(19)6(3-21-23-20)22-11(5)18-4-15-7-9(14-2)16-12(13)17-10(7)18/h4-6,8,11,19H,3H2,1-2H3,(H3,13,14,16,17)/t5-,6+,8-,11+/m0/s1. The minimum absolute atomic E-state index is 0.0264. The van der Waals surface area contributed by atoms with Crippen molar-refractivity contribution in [3.63, 3.8) is 0 Å². The number of nitrogens with zero attached hydrogens (tertiary/aromatic N) is 4. The Labute approximate surface area is 133 Å². The fraction of sp³-hybridized carbons (Fsp3) is 0.583. The zero-order valence-electron chi connectivity index (χ0n) is 12.6. The van der Waals surface area contributed by atoms with Crippen molar-refractivity contribution in [1.29, 1.82) is 0 Å². The van der Waals surface area contributed by atoms with Crippen LogP contribution in [0.2, 0.25) is 0 Å². The second kappa shape index (κ2) is 6.32. The van der Waals surface area contributed by atoms with Crippen molar-refractivity contribution in [2.75, 3.05) is 24.7 Å². The van der Waals surface area contributed by atoms with Gasteiger partial charge in [0.05, 0.1) is 19.0 Å². The lowest BCUT2D eigenvalue weighted by Crippen LogP contribution is -2.28. The number of hydrogen-bond donors (Lipinski definition) is 3. The van der Waals surface area contributed by atoms with Crippen molar-refractivity contribution in [2.45, 2.75) is 25.4 Å². The Hall–Kier alpha value is -1.87. The Morgan fingerprint density at radius 2 is 2.35 bits per heavy atom. The molecule has 1 aliphatic rings. The van der Waals surface area contributed by atoms with Gasteiger partial charge in [-0.05, 0) is 0 Å². The third-order valence-corrected chi connectivity index (χ3v) is 4.18. The predicted molar refractivity (Wildman–Crippen MR) is 81.9 cm³/mol. The van der Waals surface area contributed by atoms with Crippen LogP contribution < -0.4 is 11.1 Å². The minimum Gasteiger partial charge on any atom is -0.390 e. The molecule has 0 saturated carbocycles. The van der Waals surface area contributed by atoms with E-state index in [1.807, 2.05) is 6.92 Å². The summed E-state index contributed by atoms with van der Waals surface area (Å²) in [5.41, 5.74) is 6.80. The molecular formula is C12H17N6O4P. The summed E-state index contributed by atoms with van der Waals surface area (Å²) in [7, 11) is 1.27. The Morgan fingerprint density at radius 1 is 1.57 bits per heavy atom. The maximum atomic E-state index is 10.4. The molecule has 2 aromatic rings. The zero-order valence-corrected chi connectivity index (χ0v) is 13.5. The summed E-state index contributed by atoms with van der Waals surface area (Å²) >= 11 is 0. The molecule has 0 spiro atoms. The fourth-order valence-electron chi connectivity index (χ4n) is 2.75. The van der Waals surface area contributed by atoms with Crippen LogP contribution in [-0.4, -0.2) is 50.5 Å². The summed E-state index contributed by atoms with van der Waals surface area (Å²) in [4.78, 5) is 12.6. The molecule has 2 aromatic heterocycles. The molecule has 10 nitrogen and oxygen atoms in total. The number of nitrogen functional groups attached to an aromatic ring is 1. The van der Waals surface area contributed by atoms with Crippen LogP contribution in [0.4, 0.5) is 11.8 Å². The largest absolute Gasteiger partial charge is 0.390 e. The molecule has 3 rings (SSSR count). The molecule has 124 valence electrons. The summed E-state index contributed by atoms with van der Waals surface area (Å²) in [6.07, 6.45) is -0.271. The van der Waals surface area contributed by atoms with Crippen molar-refractivity contribution >= 4 is 31.6 Å². The molecule has 1 fully saturated rings. The monoisotopic (exact) mass is 340 g/mol. The van der Waals surface area contributed by atoms with Crippen LogP contribution >= 0.6 is 8.69 Å². The summed E-state index contributed by atoms with van der Waals surface area (Å²) in [6, 6.07) is 0. The molecule has 0 aliphatic carbocycles. The first-order valence-corrected chi connectivity index (χ1v) is 7.75. The number of fused-ring (bicyclic) bond motifs is 1. The molecule has 0 amide bonds. The molecule has 1 saturated heterocycles. The van der Waals surface area contributed by atoms with Gasteiger partial charge < -0.3 is 20.9 Å². The molecule has 23 heavy (non-hydrogen) atoms. The van der Waals surface area contributed by atoms with Crippen LogP contribution in [0, 0.1) is 5.92 Å². The summed E-state index contributed by atoms with van der Waals surface area (Å²) in [5, 5.41) is 13.2. The number of ether oxygens (including phenoxy) is 1. The average molecular weight is 340 g/mol. The van der Waals surface area contributed by atoms with Crippen molar-refractivity contribution in [2.24, 2.45) is 5.92 Å². The van der Waals surface area contributed by atoms with Crippen LogP contribution in [0.3, 0.4) is 0 Å². The van der Waals surface area contributed by atoms with E-state index in [0.29, 0.717) is 17.0 Å². The second-order valence-electron chi connectivity index (χ2n) is 5.29. The van der Waals surface area contributed by atoms with Crippen molar-refractivity contribution in [1.82, 2.24) is 19.5 Å². The number of hydrogen-bond acceptors (Lipinski definition) is 9. The first-order valence-electron chi connectivity index (χ1n) is 7.02. The predicted octanol–water partition coefficient (Wildman–Crippen LogP) is 0.568. The fourth-order valence-corrected chi connectivity index (χ4v) is 2.95. The first kappa shape index (κ1) is 16.0. The minimum atomic E-state index is -0.762. The Morgan fingerprint density at radius 3 is 3.04 bits per heavy atom. The molecular weight excluding hydrogens is 323 g/mol. The normalized spacial score (nSPS) is 27.8. The number of anilines is 2. The summed E-state index contributed by atoms with van der Waals surface area (Å²) in [6.45, 7) is 1.87. The van der Waals surface area contributed by atoms with E-state index in [1.165, 1.54) is 0 Å². The van der Waals surface area contributed by atoms with Gasteiger partial charge in [0.2, 0.25) is 5.95 Å². The second-order valence-corrected chi connectivity index (χ2v) is 5.70. The molecule has 0 bridgehead atoms. The molecule has 1 aliphatic heterocycles. The third kappa shape index (κ3) is 2.74. The van der Waals surface area contributed by atoms with E-state index in [4.69, 9.17) is 15.0 Å². The van der Waals surface area contributed by atoms with Gasteiger partial charge in [-0.15, -0.1) is 0 Å². The Bertz CT molecular complexity index is 725. The quantitative estimate of drug-likeness (QED) is 0.667. The molecule has 4 atom stereocenters. The SMILES string of the molecule is CNc1nc(N)nc2c1ncn2[C@@H]1O[C@H](COP=O)[C@@H](O)[C@@H]1C. The van der Waals surface area contributed by atoms with Gasteiger partial charge in [0.1, 0.15) is 12.3 Å². The number of rotatable bonds is 5. The lowest BCUT2D eigenvalue weighted by Gasteiger charge is -2.17. The van der Waals surface area contributed by atoms with Crippen LogP contribution in [0.1, 0.15) is 13.2 Å². The van der Waals surface area contributed by atoms with E-state index in [9.17, 15) is 9.67 Å². The van der Waals surface area contributed by atoms with E-state index < -0.39 is 27.1 Å². The van der Waals surface area contributed by atoms with E-state index >= 15 is 0 Å². The van der Waals surface area contributed by atoms with Gasteiger partial charge in [-0.25, -0.2) is 9.55 Å². The number of nitrogens with one attached hydrogen (secondary N) is 1. The molecule has 4 N–H and O–H groups in total.